The topological polar surface area (TPSA) is 117 Å². The number of nitrogens with one attached hydrogen (secondary N) is 2. The number of nitrogens with zero attached hydrogens (tertiary/aromatic N) is 2. The molecular weight excluding hydrogens is 505 g/mol. The first-order valence-electron chi connectivity index (χ1n) is 13.1. The summed E-state index contributed by atoms with van der Waals surface area (Å²) in [5.74, 6) is -0.0607. The maximum absolute atomic E-state index is 13.4. The Balaban J connectivity index is 1.28. The van der Waals surface area contributed by atoms with Gasteiger partial charge in [0.05, 0.1) is 15.8 Å². The van der Waals surface area contributed by atoms with Crippen molar-refractivity contribution in [2.75, 3.05) is 31.1 Å². The van der Waals surface area contributed by atoms with E-state index in [-0.39, 0.29) is 22.7 Å². The summed E-state index contributed by atoms with van der Waals surface area (Å²) in [7, 11) is -3.77. The second-order valence-corrected chi connectivity index (χ2v) is 12.2. The zero-order valence-corrected chi connectivity index (χ0v) is 22.3. The zero-order valence-electron chi connectivity index (χ0n) is 21.5. The molecule has 4 N–H and O–H groups in total. The van der Waals surface area contributed by atoms with Crippen LogP contribution < -0.4 is 20.7 Å². The third-order valence-electron chi connectivity index (χ3n) is 8.29. The van der Waals surface area contributed by atoms with Gasteiger partial charge in [0.25, 0.3) is 0 Å². The lowest BCUT2D eigenvalue weighted by atomic mass is 9.63. The maximum Gasteiger partial charge on any atom is 0.240 e. The van der Waals surface area contributed by atoms with Crippen molar-refractivity contribution in [1.82, 2.24) is 15.0 Å². The number of nitrogens with two attached hydrogens (primary N) is 1. The van der Waals surface area contributed by atoms with Crippen LogP contribution >= 0.6 is 0 Å². The number of carbonyl (C=O) groups is 1. The Labute approximate surface area is 222 Å². The molecule has 2 fully saturated rings. The fraction of sp³-hybridized carbons (Fsp3) is 0.429. The van der Waals surface area contributed by atoms with Crippen LogP contribution in [0.3, 0.4) is 0 Å². The maximum atomic E-state index is 13.4. The molecule has 1 saturated carbocycles. The lowest BCUT2D eigenvalue weighted by molar-refractivity contribution is -0.131. The van der Waals surface area contributed by atoms with E-state index in [0.717, 1.165) is 48.5 Å². The van der Waals surface area contributed by atoms with Crippen molar-refractivity contribution in [1.29, 1.82) is 0 Å². The minimum atomic E-state index is -3.77. The molecule has 10 heteroatoms. The fourth-order valence-corrected chi connectivity index (χ4v) is 7.17. The largest absolute Gasteiger partial charge is 0.369 e. The van der Waals surface area contributed by atoms with E-state index >= 15 is 0 Å². The first-order valence-corrected chi connectivity index (χ1v) is 14.6. The number of primary amides is 1. The number of amides is 1. The van der Waals surface area contributed by atoms with Crippen LogP contribution in [-0.2, 0) is 14.8 Å². The van der Waals surface area contributed by atoms with E-state index < -0.39 is 21.3 Å². The summed E-state index contributed by atoms with van der Waals surface area (Å²) < 4.78 is 42.8. The van der Waals surface area contributed by atoms with Gasteiger partial charge in [0.15, 0.2) is 0 Å². The van der Waals surface area contributed by atoms with Crippen molar-refractivity contribution in [3.05, 3.63) is 66.0 Å². The van der Waals surface area contributed by atoms with E-state index in [9.17, 15) is 17.6 Å². The average Bonchev–Trinajstić information content (AvgIpc) is 2.93. The number of hydrogen-bond donors (Lipinski definition) is 3. The van der Waals surface area contributed by atoms with E-state index in [2.05, 4.69) is 14.9 Å². The summed E-state index contributed by atoms with van der Waals surface area (Å²) in [6.07, 6.45) is 1.86. The zero-order chi connectivity index (χ0) is 26.9. The third-order valence-corrected chi connectivity index (χ3v) is 9.80. The summed E-state index contributed by atoms with van der Waals surface area (Å²) in [5, 5.41) is 4.09. The van der Waals surface area contributed by atoms with Crippen LogP contribution in [0.25, 0.3) is 10.9 Å². The second-order valence-electron chi connectivity index (χ2n) is 10.5. The first kappa shape index (κ1) is 26.5. The van der Waals surface area contributed by atoms with E-state index in [1.165, 1.54) is 12.1 Å². The molecule has 5 rings (SSSR count). The molecule has 0 spiro atoms. The first-order chi connectivity index (χ1) is 18.2. The van der Waals surface area contributed by atoms with Gasteiger partial charge >= 0.3 is 0 Å². The number of pyridine rings is 1. The van der Waals surface area contributed by atoms with Crippen molar-refractivity contribution in [2.24, 2.45) is 11.1 Å². The van der Waals surface area contributed by atoms with Crippen LogP contribution in [0.5, 0.6) is 0 Å². The number of aromatic nitrogens is 1. The van der Waals surface area contributed by atoms with Crippen molar-refractivity contribution in [3.63, 3.8) is 0 Å². The molecule has 38 heavy (non-hydrogen) atoms. The standard InChI is InChI=1S/C28H34FN5O3S/c1-19(20-2-5-22(29)6-3-20)28(27(30)35)12-10-23(11-13-28)33-38(36,37)24-7-8-25-21(18-24)4-9-26(32-25)34-16-14-31-15-17-34/h2-9,18-19,23,31,33H,10-17H2,1H3,(H2,30,35)/t19-,23?,28?/m1/s1. The number of benzene rings is 2. The quantitative estimate of drug-likeness (QED) is 0.424. The molecule has 1 atom stereocenters. The molecule has 0 unspecified atom stereocenters. The van der Waals surface area contributed by atoms with Gasteiger partial charge in [-0.3, -0.25) is 4.79 Å². The predicted molar refractivity (Wildman–Crippen MR) is 146 cm³/mol. The molecule has 1 aromatic heterocycles. The van der Waals surface area contributed by atoms with Gasteiger partial charge < -0.3 is 16.0 Å². The van der Waals surface area contributed by atoms with Gasteiger partial charge in [-0.25, -0.2) is 22.5 Å². The van der Waals surface area contributed by atoms with E-state index in [1.807, 2.05) is 19.1 Å². The van der Waals surface area contributed by atoms with Crippen molar-refractivity contribution >= 4 is 32.7 Å². The molecule has 3 aromatic rings. The molecule has 8 nitrogen and oxygen atoms in total. The molecule has 1 amide bonds. The molecule has 1 saturated heterocycles. The molecule has 1 aliphatic heterocycles. The van der Waals surface area contributed by atoms with Gasteiger partial charge in [-0.1, -0.05) is 19.1 Å². The number of carbonyl (C=O) groups excluding carboxylic acids is 1. The van der Waals surface area contributed by atoms with Crippen molar-refractivity contribution < 1.29 is 17.6 Å². The molecule has 2 aromatic carbocycles. The van der Waals surface area contributed by atoms with Crippen LogP contribution in [-0.4, -0.2) is 51.5 Å². The Morgan fingerprint density at radius 3 is 2.45 bits per heavy atom. The highest BCUT2D eigenvalue weighted by atomic mass is 32.2. The monoisotopic (exact) mass is 539 g/mol. The minimum absolute atomic E-state index is 0.188. The van der Waals surface area contributed by atoms with E-state index in [0.29, 0.717) is 25.7 Å². The van der Waals surface area contributed by atoms with Gasteiger partial charge in [0.1, 0.15) is 11.6 Å². The highest BCUT2D eigenvalue weighted by Gasteiger charge is 2.45. The number of rotatable bonds is 7. The number of fused-ring (bicyclic) bond motifs is 1. The third kappa shape index (κ3) is 5.25. The molecule has 0 bridgehead atoms. The Morgan fingerprint density at radius 1 is 1.11 bits per heavy atom. The fourth-order valence-electron chi connectivity index (χ4n) is 5.83. The van der Waals surface area contributed by atoms with Crippen molar-refractivity contribution in [2.45, 2.75) is 49.5 Å². The molecule has 202 valence electrons. The smallest absolute Gasteiger partial charge is 0.240 e. The minimum Gasteiger partial charge on any atom is -0.369 e. The Morgan fingerprint density at radius 2 is 1.79 bits per heavy atom. The average molecular weight is 540 g/mol. The molecular formula is C28H34FN5O3S. The number of anilines is 1. The summed E-state index contributed by atoms with van der Waals surface area (Å²) in [5.41, 5.74) is 6.66. The van der Waals surface area contributed by atoms with Crippen LogP contribution in [0.1, 0.15) is 44.1 Å². The van der Waals surface area contributed by atoms with Gasteiger partial charge in [0, 0.05) is 37.6 Å². The van der Waals surface area contributed by atoms with Crippen LogP contribution in [0.4, 0.5) is 10.2 Å². The lowest BCUT2D eigenvalue weighted by Gasteiger charge is -2.42. The van der Waals surface area contributed by atoms with Gasteiger partial charge in [-0.05, 0) is 79.6 Å². The second kappa shape index (κ2) is 10.6. The molecule has 2 heterocycles. The molecule has 1 aliphatic carbocycles. The number of piperazine rings is 1. The molecule has 0 radical (unpaired) electrons. The highest BCUT2D eigenvalue weighted by molar-refractivity contribution is 7.89. The van der Waals surface area contributed by atoms with Crippen LogP contribution in [0, 0.1) is 11.2 Å². The normalized spacial score (nSPS) is 23.3. The van der Waals surface area contributed by atoms with Gasteiger partial charge in [-0.2, -0.15) is 0 Å². The SMILES string of the molecule is C[C@H](c1ccc(F)cc1)C1(C(N)=O)CCC(NS(=O)(=O)c2ccc3nc(N4CCNCC4)ccc3c2)CC1. The molecule has 2 aliphatic rings. The van der Waals surface area contributed by atoms with Crippen LogP contribution in [0.15, 0.2) is 59.5 Å². The summed E-state index contributed by atoms with van der Waals surface area (Å²) in [6, 6.07) is 14.7. The number of hydrogen-bond acceptors (Lipinski definition) is 6. The van der Waals surface area contributed by atoms with E-state index in [1.54, 1.807) is 30.3 Å². The Kier molecular flexibility index (Phi) is 7.39. The van der Waals surface area contributed by atoms with Crippen LogP contribution in [0.2, 0.25) is 0 Å². The number of sulfonamides is 1. The Hall–Kier alpha value is -3.08. The summed E-state index contributed by atoms with van der Waals surface area (Å²) in [6.45, 7) is 5.52. The Bertz CT molecular complexity index is 1420. The lowest BCUT2D eigenvalue weighted by Crippen LogP contribution is -2.48. The summed E-state index contributed by atoms with van der Waals surface area (Å²) in [4.78, 5) is 19.8. The number of halogens is 1. The van der Waals surface area contributed by atoms with Crippen molar-refractivity contribution in [3.8, 4) is 0 Å². The van der Waals surface area contributed by atoms with Gasteiger partial charge in [0.2, 0.25) is 15.9 Å². The highest BCUT2D eigenvalue weighted by Crippen LogP contribution is 2.47. The van der Waals surface area contributed by atoms with Gasteiger partial charge in [-0.15, -0.1) is 0 Å². The summed E-state index contributed by atoms with van der Waals surface area (Å²) >= 11 is 0. The predicted octanol–water partition coefficient (Wildman–Crippen LogP) is 3.28. The van der Waals surface area contributed by atoms with E-state index in [4.69, 9.17) is 10.7 Å².